The fourth-order valence-corrected chi connectivity index (χ4v) is 4.19. The lowest BCUT2D eigenvalue weighted by Crippen LogP contribution is -2.25. The summed E-state index contributed by atoms with van der Waals surface area (Å²) in [6, 6.07) is 4.09. The van der Waals surface area contributed by atoms with Crippen LogP contribution in [0.4, 0.5) is 0 Å². The number of benzene rings is 2. The molecule has 2 aromatic carbocycles. The fraction of sp³-hybridized carbons (Fsp3) is 0.500. The molecule has 0 radical (unpaired) electrons. The highest BCUT2D eigenvalue weighted by molar-refractivity contribution is 6.09. The third-order valence-corrected chi connectivity index (χ3v) is 6.27. The maximum atomic E-state index is 12.9. The Bertz CT molecular complexity index is 1280. The van der Waals surface area contributed by atoms with E-state index in [1.165, 1.54) is 24.4 Å². The molecule has 4 N–H and O–H groups in total. The van der Waals surface area contributed by atoms with E-state index >= 15 is 0 Å². The Morgan fingerprint density at radius 2 is 1.45 bits per heavy atom. The number of aromatic hydroxyl groups is 3. The lowest BCUT2D eigenvalue weighted by molar-refractivity contribution is 0.0954. The molecule has 0 aliphatic carbocycles. The van der Waals surface area contributed by atoms with Gasteiger partial charge in [0, 0.05) is 25.4 Å². The number of aromatic nitrogens is 2. The third-order valence-electron chi connectivity index (χ3n) is 6.27. The second kappa shape index (κ2) is 13.9. The monoisotopic (exact) mass is 524 g/mol. The second-order valence-corrected chi connectivity index (χ2v) is 10.1. The zero-order valence-electron chi connectivity index (χ0n) is 22.9. The van der Waals surface area contributed by atoms with Gasteiger partial charge in [-0.2, -0.15) is 0 Å². The van der Waals surface area contributed by atoms with E-state index < -0.39 is 0 Å². The predicted octanol–water partition coefficient (Wildman–Crippen LogP) is 3.51. The van der Waals surface area contributed by atoms with Crippen LogP contribution in [-0.4, -0.2) is 102 Å². The zero-order valence-corrected chi connectivity index (χ0v) is 22.9. The molecule has 0 aliphatic rings. The number of amides is 1. The summed E-state index contributed by atoms with van der Waals surface area (Å²) in [5.41, 5.74) is 1.14. The van der Waals surface area contributed by atoms with Crippen LogP contribution in [0, 0.1) is 0 Å². The lowest BCUT2D eigenvalue weighted by atomic mass is 10.1. The van der Waals surface area contributed by atoms with Gasteiger partial charge in [-0.15, -0.1) is 0 Å². The Balaban J connectivity index is 1.83. The average molecular weight is 525 g/mol. The van der Waals surface area contributed by atoms with Crippen molar-refractivity contribution in [2.24, 2.45) is 4.99 Å². The van der Waals surface area contributed by atoms with E-state index in [1.807, 2.05) is 28.2 Å². The largest absolute Gasteiger partial charge is 0.507 e. The Labute approximate surface area is 224 Å². The van der Waals surface area contributed by atoms with Crippen LogP contribution in [0.2, 0.25) is 0 Å². The lowest BCUT2D eigenvalue weighted by Gasteiger charge is -2.12. The number of fused-ring (bicyclic) bond motifs is 2. The standard InChI is InChI=1S/C28H40N6O4/c1-33(2)15-9-5-7-13-29-18-20-22(36)17-23(37)27-25(20)32-26-21(35)12-11-19(24(26)31-27)28(38)30-14-8-6-10-16-34(3)4/h11-12,17-18,35-37H,5-10,13-16H2,1-4H3,(H,30,38)/b29-18+. The minimum absolute atomic E-state index is 0.111. The van der Waals surface area contributed by atoms with Gasteiger partial charge in [0.2, 0.25) is 0 Å². The van der Waals surface area contributed by atoms with Crippen LogP contribution in [0.1, 0.15) is 54.4 Å². The number of carbonyl (C=O) groups excluding carboxylic acids is 1. The van der Waals surface area contributed by atoms with Crippen molar-refractivity contribution in [3.63, 3.8) is 0 Å². The first-order chi connectivity index (χ1) is 18.2. The topological polar surface area (TPSA) is 134 Å². The van der Waals surface area contributed by atoms with Crippen LogP contribution in [0.5, 0.6) is 17.2 Å². The van der Waals surface area contributed by atoms with E-state index in [-0.39, 0.29) is 50.8 Å². The molecule has 38 heavy (non-hydrogen) atoms. The van der Waals surface area contributed by atoms with Crippen molar-refractivity contribution in [2.45, 2.75) is 38.5 Å². The highest BCUT2D eigenvalue weighted by atomic mass is 16.3. The molecule has 0 bridgehead atoms. The summed E-state index contributed by atoms with van der Waals surface area (Å²) < 4.78 is 0. The number of hydrogen-bond donors (Lipinski definition) is 4. The van der Waals surface area contributed by atoms with Crippen molar-refractivity contribution in [3.05, 3.63) is 29.3 Å². The number of aliphatic imine (C=N–C) groups is 1. The highest BCUT2D eigenvalue weighted by Gasteiger charge is 2.20. The van der Waals surface area contributed by atoms with Gasteiger partial charge in [0.1, 0.15) is 39.3 Å². The van der Waals surface area contributed by atoms with E-state index in [4.69, 9.17) is 0 Å². The first-order valence-electron chi connectivity index (χ1n) is 13.1. The van der Waals surface area contributed by atoms with Gasteiger partial charge in [-0.1, -0.05) is 12.8 Å². The molecule has 0 saturated heterocycles. The molecule has 1 amide bonds. The maximum Gasteiger partial charge on any atom is 0.253 e. The van der Waals surface area contributed by atoms with Crippen LogP contribution in [0.25, 0.3) is 22.1 Å². The Morgan fingerprint density at radius 1 is 0.816 bits per heavy atom. The molecule has 3 rings (SSSR count). The summed E-state index contributed by atoms with van der Waals surface area (Å²) in [6.45, 7) is 3.13. The third kappa shape index (κ3) is 7.75. The highest BCUT2D eigenvalue weighted by Crippen LogP contribution is 2.35. The summed E-state index contributed by atoms with van der Waals surface area (Å²) in [5.74, 6) is -0.946. The summed E-state index contributed by atoms with van der Waals surface area (Å²) >= 11 is 0. The Kier molecular flexibility index (Phi) is 10.6. The van der Waals surface area contributed by atoms with Gasteiger partial charge in [-0.3, -0.25) is 9.79 Å². The van der Waals surface area contributed by atoms with E-state index in [0.29, 0.717) is 18.7 Å². The van der Waals surface area contributed by atoms with E-state index in [1.54, 1.807) is 0 Å². The molecule has 0 spiro atoms. The number of unbranched alkanes of at least 4 members (excludes halogenated alkanes) is 4. The van der Waals surface area contributed by atoms with E-state index in [9.17, 15) is 20.1 Å². The van der Waals surface area contributed by atoms with Crippen LogP contribution in [-0.2, 0) is 0 Å². The maximum absolute atomic E-state index is 12.9. The molecule has 0 atom stereocenters. The molecule has 1 heterocycles. The molecular weight excluding hydrogens is 484 g/mol. The molecule has 0 saturated carbocycles. The fourth-order valence-electron chi connectivity index (χ4n) is 4.19. The smallest absolute Gasteiger partial charge is 0.253 e. The first-order valence-corrected chi connectivity index (χ1v) is 13.1. The Morgan fingerprint density at radius 3 is 2.13 bits per heavy atom. The van der Waals surface area contributed by atoms with Crippen LogP contribution < -0.4 is 5.32 Å². The van der Waals surface area contributed by atoms with Gasteiger partial charge in [0.05, 0.1) is 11.1 Å². The summed E-state index contributed by atoms with van der Waals surface area (Å²) in [4.78, 5) is 30.7. The molecule has 206 valence electrons. The number of rotatable bonds is 14. The number of hydrogen-bond acceptors (Lipinski definition) is 9. The summed E-state index contributed by atoms with van der Waals surface area (Å²) in [7, 11) is 8.16. The second-order valence-electron chi connectivity index (χ2n) is 10.1. The number of nitrogens with zero attached hydrogens (tertiary/aromatic N) is 5. The molecule has 10 heteroatoms. The number of phenolic OH excluding ortho intramolecular Hbond substituents is 3. The summed E-state index contributed by atoms with van der Waals surface area (Å²) in [6.07, 6.45) is 7.45. The summed E-state index contributed by atoms with van der Waals surface area (Å²) in [5, 5.41) is 34.5. The van der Waals surface area contributed by atoms with E-state index in [2.05, 4.69) is 30.1 Å². The SMILES string of the molecule is CN(C)CCCCC/N=C/c1c(O)cc(O)c2nc3c(C(=O)NCCCCCN(C)C)ccc(O)c3nc12. The Hall–Kier alpha value is -3.50. The number of nitrogens with one attached hydrogen (secondary N) is 1. The number of phenols is 3. The minimum Gasteiger partial charge on any atom is -0.507 e. The quantitative estimate of drug-likeness (QED) is 0.143. The van der Waals surface area contributed by atoms with Crippen LogP contribution in [0.15, 0.2) is 23.2 Å². The normalized spacial score (nSPS) is 11.9. The molecule has 3 aromatic rings. The molecule has 10 nitrogen and oxygen atoms in total. The van der Waals surface area contributed by atoms with Crippen molar-refractivity contribution in [1.29, 1.82) is 0 Å². The van der Waals surface area contributed by atoms with Crippen molar-refractivity contribution >= 4 is 34.2 Å². The van der Waals surface area contributed by atoms with Crippen molar-refractivity contribution in [3.8, 4) is 17.2 Å². The minimum atomic E-state index is -0.328. The van der Waals surface area contributed by atoms with Gasteiger partial charge in [-0.25, -0.2) is 9.97 Å². The van der Waals surface area contributed by atoms with Gasteiger partial charge in [0.15, 0.2) is 0 Å². The molecule has 0 fully saturated rings. The average Bonchev–Trinajstić information content (AvgIpc) is 2.86. The predicted molar refractivity (Wildman–Crippen MR) is 152 cm³/mol. The van der Waals surface area contributed by atoms with Gasteiger partial charge in [-0.05, 0) is 79.1 Å². The van der Waals surface area contributed by atoms with Crippen molar-refractivity contribution in [2.75, 3.05) is 54.4 Å². The van der Waals surface area contributed by atoms with Gasteiger partial charge in [0.25, 0.3) is 5.91 Å². The molecule has 1 aromatic heterocycles. The molecular formula is C28H40N6O4. The molecule has 0 unspecified atom stereocenters. The van der Waals surface area contributed by atoms with Crippen LogP contribution in [0.3, 0.4) is 0 Å². The van der Waals surface area contributed by atoms with Crippen molar-refractivity contribution in [1.82, 2.24) is 25.1 Å². The first kappa shape index (κ1) is 29.1. The number of carbonyl (C=O) groups is 1. The zero-order chi connectivity index (χ0) is 27.7. The van der Waals surface area contributed by atoms with Crippen LogP contribution >= 0.6 is 0 Å². The van der Waals surface area contributed by atoms with Gasteiger partial charge >= 0.3 is 0 Å². The van der Waals surface area contributed by atoms with Crippen molar-refractivity contribution < 1.29 is 20.1 Å². The molecule has 0 aliphatic heterocycles. The van der Waals surface area contributed by atoms with Gasteiger partial charge < -0.3 is 30.4 Å². The van der Waals surface area contributed by atoms with E-state index in [0.717, 1.165) is 51.6 Å².